The van der Waals surface area contributed by atoms with Gasteiger partial charge in [-0.2, -0.15) is 0 Å². The van der Waals surface area contributed by atoms with Gasteiger partial charge in [-0.3, -0.25) is 4.79 Å². The topological polar surface area (TPSA) is 60.3 Å². The quantitative estimate of drug-likeness (QED) is 0.905. The Morgan fingerprint density at radius 3 is 2.23 bits per heavy atom. The molecule has 22 heavy (non-hydrogen) atoms. The first-order valence-corrected chi connectivity index (χ1v) is 6.88. The van der Waals surface area contributed by atoms with Crippen molar-refractivity contribution in [2.75, 3.05) is 6.54 Å². The van der Waals surface area contributed by atoms with Gasteiger partial charge in [0.15, 0.2) is 0 Å². The van der Waals surface area contributed by atoms with Crippen LogP contribution in [0.1, 0.15) is 21.8 Å². The van der Waals surface area contributed by atoms with Crippen LogP contribution in [0.2, 0.25) is 0 Å². The van der Waals surface area contributed by atoms with Crippen molar-refractivity contribution in [1.29, 1.82) is 0 Å². The summed E-state index contributed by atoms with van der Waals surface area (Å²) in [4.78, 5) is 24.2. The predicted molar refractivity (Wildman–Crippen MR) is 80.1 cm³/mol. The van der Waals surface area contributed by atoms with E-state index < -0.39 is 6.04 Å². The standard InChI is InChI=1S/C17H16N2O2.Y/c20-16(13-9-5-2-6-10-13)19-15-14(11-18-17(15)21)12-7-3-1-4-8-12;/h1-10,14-15H,11H2,(H2,18,19,20,21);/p-1/t14-,15-;/m0./s1. The van der Waals surface area contributed by atoms with Crippen molar-refractivity contribution in [3.63, 3.8) is 0 Å². The van der Waals surface area contributed by atoms with E-state index >= 15 is 0 Å². The van der Waals surface area contributed by atoms with Gasteiger partial charge in [-0.15, -0.1) is 6.54 Å². The second kappa shape index (κ2) is 7.66. The molecule has 2 aromatic rings. The number of benzene rings is 2. The maximum absolute atomic E-state index is 12.2. The molecule has 5 heteroatoms. The molecule has 1 aliphatic heterocycles. The van der Waals surface area contributed by atoms with Crippen LogP contribution in [0.15, 0.2) is 60.7 Å². The fourth-order valence-electron chi connectivity index (χ4n) is 2.54. The molecule has 1 aliphatic rings. The van der Waals surface area contributed by atoms with E-state index in [2.05, 4.69) is 10.6 Å². The van der Waals surface area contributed by atoms with E-state index in [4.69, 9.17) is 0 Å². The first-order chi connectivity index (χ1) is 10.3. The molecule has 1 heterocycles. The molecule has 0 aromatic heterocycles. The van der Waals surface area contributed by atoms with E-state index in [0.29, 0.717) is 12.1 Å². The molecule has 3 rings (SSSR count). The van der Waals surface area contributed by atoms with Crippen LogP contribution in [0.5, 0.6) is 0 Å². The van der Waals surface area contributed by atoms with Gasteiger partial charge < -0.3 is 15.4 Å². The van der Waals surface area contributed by atoms with Gasteiger partial charge in [0.1, 0.15) is 0 Å². The van der Waals surface area contributed by atoms with Crippen molar-refractivity contribution in [3.05, 3.63) is 77.1 Å². The van der Waals surface area contributed by atoms with Crippen molar-refractivity contribution >= 4 is 11.8 Å². The fraction of sp³-hybridized carbons (Fsp3) is 0.176. The van der Waals surface area contributed by atoms with Gasteiger partial charge in [0.25, 0.3) is 5.91 Å². The van der Waals surface area contributed by atoms with Gasteiger partial charge in [-0.25, -0.2) is 0 Å². The van der Waals surface area contributed by atoms with E-state index in [1.165, 1.54) is 0 Å². The molecule has 0 bridgehead atoms. The van der Waals surface area contributed by atoms with Crippen molar-refractivity contribution in [2.24, 2.45) is 0 Å². The zero-order valence-electron chi connectivity index (χ0n) is 12.0. The second-order valence-corrected chi connectivity index (χ2v) is 5.01. The Morgan fingerprint density at radius 1 is 1.00 bits per heavy atom. The zero-order valence-corrected chi connectivity index (χ0v) is 14.8. The van der Waals surface area contributed by atoms with E-state index in [-0.39, 0.29) is 50.4 Å². The summed E-state index contributed by atoms with van der Waals surface area (Å²) < 4.78 is 0. The fourth-order valence-corrected chi connectivity index (χ4v) is 2.54. The van der Waals surface area contributed by atoms with Crippen LogP contribution < -0.4 is 5.32 Å². The van der Waals surface area contributed by atoms with Gasteiger partial charge >= 0.3 is 0 Å². The Bertz CT molecular complexity index is 646. The number of nitrogens with zero attached hydrogens (tertiary/aromatic N) is 1. The number of carbonyl (C=O) groups is 2. The van der Waals surface area contributed by atoms with Crippen LogP contribution in [0, 0.1) is 0 Å². The van der Waals surface area contributed by atoms with Crippen molar-refractivity contribution in [3.8, 4) is 0 Å². The number of carbonyl (C=O) groups excluding carboxylic acids is 2. The smallest absolute Gasteiger partial charge is 0.251 e. The number of hydrogen-bond donors (Lipinski definition) is 1. The van der Waals surface area contributed by atoms with Crippen LogP contribution in [0.3, 0.4) is 0 Å². The van der Waals surface area contributed by atoms with E-state index in [9.17, 15) is 9.59 Å². The molecule has 0 aliphatic carbocycles. The third-order valence-electron chi connectivity index (χ3n) is 3.66. The average Bonchev–Trinajstić information content (AvgIpc) is 2.90. The molecule has 1 fully saturated rings. The Morgan fingerprint density at radius 2 is 1.59 bits per heavy atom. The summed E-state index contributed by atoms with van der Waals surface area (Å²) in [5, 5.41) is 6.78. The van der Waals surface area contributed by atoms with Crippen LogP contribution in [-0.4, -0.2) is 24.4 Å². The van der Waals surface area contributed by atoms with E-state index in [0.717, 1.165) is 5.56 Å². The molecule has 0 spiro atoms. The maximum atomic E-state index is 12.2. The molecule has 109 valence electrons. The molecule has 1 radical (unpaired) electrons. The van der Waals surface area contributed by atoms with Crippen LogP contribution >= 0.6 is 0 Å². The monoisotopic (exact) mass is 368 g/mol. The Labute approximate surface area is 154 Å². The molecule has 0 unspecified atom stereocenters. The Balaban J connectivity index is 0.00000176. The first kappa shape index (κ1) is 16.8. The van der Waals surface area contributed by atoms with E-state index in [1.54, 1.807) is 24.3 Å². The summed E-state index contributed by atoms with van der Waals surface area (Å²) >= 11 is 0. The maximum Gasteiger partial charge on any atom is 0.251 e. The summed E-state index contributed by atoms with van der Waals surface area (Å²) in [6, 6.07) is 18.0. The minimum absolute atomic E-state index is 0. The molecule has 2 amide bonds. The number of rotatable bonds is 3. The van der Waals surface area contributed by atoms with Gasteiger partial charge in [-0.05, 0) is 23.6 Å². The van der Waals surface area contributed by atoms with Gasteiger partial charge in [0.05, 0.1) is 11.9 Å². The third kappa shape index (κ3) is 3.62. The first-order valence-electron chi connectivity index (χ1n) is 6.88. The second-order valence-electron chi connectivity index (χ2n) is 5.01. The van der Waals surface area contributed by atoms with E-state index in [1.807, 2.05) is 36.4 Å². The van der Waals surface area contributed by atoms with Crippen molar-refractivity contribution in [2.45, 2.75) is 12.0 Å². The van der Waals surface area contributed by atoms with Gasteiger partial charge in [-0.1, -0.05) is 48.5 Å². The minimum Gasteiger partial charge on any atom is -0.651 e. The van der Waals surface area contributed by atoms with Crippen molar-refractivity contribution in [1.82, 2.24) is 5.32 Å². The largest absolute Gasteiger partial charge is 0.651 e. The summed E-state index contributed by atoms with van der Waals surface area (Å²) in [6.07, 6.45) is 0. The molecule has 4 nitrogen and oxygen atoms in total. The summed E-state index contributed by atoms with van der Waals surface area (Å²) in [5.41, 5.74) is 1.56. The van der Waals surface area contributed by atoms with Crippen molar-refractivity contribution < 1.29 is 42.3 Å². The Kier molecular flexibility index (Phi) is 5.86. The third-order valence-corrected chi connectivity index (χ3v) is 3.66. The normalized spacial score (nSPS) is 19.9. The number of hydrogen-bond acceptors (Lipinski definition) is 2. The molecular formula is C17H15N2O2Y-. The van der Waals surface area contributed by atoms with Crippen LogP contribution in [0.25, 0.3) is 5.32 Å². The minimum atomic E-state index is -0.583. The SMILES string of the molecule is O=C(N[C@@H]1C(=O)[N-]C[C@H]1c1ccccc1)c1ccccc1.[Y]. The molecule has 2 atom stereocenters. The molecule has 1 N–H and O–H groups in total. The molecule has 0 saturated carbocycles. The van der Waals surface area contributed by atoms with Gasteiger partial charge in [0, 0.05) is 38.3 Å². The number of nitrogens with one attached hydrogen (secondary N) is 1. The Hall–Kier alpha value is -1.52. The molecule has 1 saturated heterocycles. The predicted octanol–water partition coefficient (Wildman–Crippen LogP) is 2.48. The zero-order chi connectivity index (χ0) is 14.7. The summed E-state index contributed by atoms with van der Waals surface area (Å²) in [6.45, 7) is 0.419. The average molecular weight is 368 g/mol. The molecular weight excluding hydrogens is 353 g/mol. The van der Waals surface area contributed by atoms with Crippen LogP contribution in [-0.2, 0) is 37.5 Å². The van der Waals surface area contributed by atoms with Crippen LogP contribution in [0.4, 0.5) is 0 Å². The number of amides is 2. The molecule has 2 aromatic carbocycles. The van der Waals surface area contributed by atoms with Gasteiger partial charge in [0.2, 0.25) is 0 Å². The summed E-state index contributed by atoms with van der Waals surface area (Å²) in [7, 11) is 0. The summed E-state index contributed by atoms with van der Waals surface area (Å²) in [5.74, 6) is -0.591.